The Balaban J connectivity index is 1.75. The van der Waals surface area contributed by atoms with Gasteiger partial charge in [0, 0.05) is 30.3 Å². The molecule has 0 fully saturated rings. The van der Waals surface area contributed by atoms with Gasteiger partial charge in [-0.2, -0.15) is 0 Å². The smallest absolute Gasteiger partial charge is 0.108 e. The van der Waals surface area contributed by atoms with Crippen LogP contribution in [-0.4, -0.2) is 4.98 Å². The Hall–Kier alpha value is -1.61. The van der Waals surface area contributed by atoms with E-state index in [4.69, 9.17) is 4.42 Å². The Morgan fingerprint density at radius 3 is 3.17 bits per heavy atom. The van der Waals surface area contributed by atoms with E-state index < -0.39 is 0 Å². The van der Waals surface area contributed by atoms with Crippen LogP contribution in [0, 0.1) is 0 Å². The highest BCUT2D eigenvalue weighted by atomic mass is 16.3. The molecule has 18 heavy (non-hydrogen) atoms. The second-order valence-electron chi connectivity index (χ2n) is 4.89. The van der Waals surface area contributed by atoms with Crippen molar-refractivity contribution in [3.05, 3.63) is 53.7 Å². The summed E-state index contributed by atoms with van der Waals surface area (Å²) in [5.41, 5.74) is 2.41. The Labute approximate surface area is 107 Å². The first-order valence-corrected chi connectivity index (χ1v) is 6.58. The van der Waals surface area contributed by atoms with Gasteiger partial charge in [0.25, 0.3) is 0 Å². The van der Waals surface area contributed by atoms with Gasteiger partial charge in [0.2, 0.25) is 0 Å². The van der Waals surface area contributed by atoms with Crippen molar-refractivity contribution in [1.82, 2.24) is 10.3 Å². The zero-order valence-electron chi connectivity index (χ0n) is 10.6. The van der Waals surface area contributed by atoms with Gasteiger partial charge in [-0.3, -0.25) is 4.98 Å². The Kier molecular flexibility index (Phi) is 3.15. The number of hydrogen-bond acceptors (Lipinski definition) is 3. The van der Waals surface area contributed by atoms with Gasteiger partial charge >= 0.3 is 0 Å². The summed E-state index contributed by atoms with van der Waals surface area (Å²) >= 11 is 0. The molecule has 2 aromatic rings. The average Bonchev–Trinajstić information content (AvgIpc) is 2.89. The molecule has 2 heterocycles. The van der Waals surface area contributed by atoms with Crippen molar-refractivity contribution in [2.45, 2.75) is 38.3 Å². The monoisotopic (exact) mass is 242 g/mol. The molecular weight excluding hydrogens is 224 g/mol. The topological polar surface area (TPSA) is 38.1 Å². The fraction of sp³-hybridized carbons (Fsp3) is 0.400. The molecule has 1 aliphatic rings. The lowest BCUT2D eigenvalue weighted by atomic mass is 9.92. The van der Waals surface area contributed by atoms with Gasteiger partial charge in [-0.05, 0) is 38.0 Å². The van der Waals surface area contributed by atoms with Crippen LogP contribution in [0.15, 0.2) is 41.1 Å². The Bertz CT molecular complexity index is 506. The third-order valence-electron chi connectivity index (χ3n) is 3.63. The standard InChI is InChI=1S/C15H18N2O/c1-11(13-5-2-3-9-16-13)17-14-6-4-7-15-12(14)8-10-18-15/h2-3,5,8-11,14,17H,4,6-7H2,1H3. The zero-order chi connectivity index (χ0) is 12.4. The van der Waals surface area contributed by atoms with E-state index in [2.05, 4.69) is 29.4 Å². The second kappa shape index (κ2) is 4.94. The lowest BCUT2D eigenvalue weighted by molar-refractivity contribution is 0.383. The van der Waals surface area contributed by atoms with Crippen LogP contribution in [0.3, 0.4) is 0 Å². The summed E-state index contributed by atoms with van der Waals surface area (Å²) in [4.78, 5) is 4.40. The van der Waals surface area contributed by atoms with Gasteiger partial charge in [0.15, 0.2) is 0 Å². The van der Waals surface area contributed by atoms with E-state index in [1.807, 2.05) is 18.3 Å². The summed E-state index contributed by atoms with van der Waals surface area (Å²) in [6, 6.07) is 8.80. The van der Waals surface area contributed by atoms with Crippen molar-refractivity contribution >= 4 is 0 Å². The van der Waals surface area contributed by atoms with Crippen molar-refractivity contribution in [1.29, 1.82) is 0 Å². The Morgan fingerprint density at radius 1 is 1.39 bits per heavy atom. The first kappa shape index (κ1) is 11.5. The summed E-state index contributed by atoms with van der Waals surface area (Å²) in [5, 5.41) is 3.65. The molecule has 1 aliphatic carbocycles. The molecule has 3 heteroatoms. The number of pyridine rings is 1. The van der Waals surface area contributed by atoms with E-state index in [1.54, 1.807) is 6.26 Å². The van der Waals surface area contributed by atoms with Crippen molar-refractivity contribution < 1.29 is 4.42 Å². The molecule has 0 bridgehead atoms. The van der Waals surface area contributed by atoms with Gasteiger partial charge in [-0.1, -0.05) is 6.07 Å². The molecule has 0 amide bonds. The van der Waals surface area contributed by atoms with Crippen molar-refractivity contribution in [2.24, 2.45) is 0 Å². The number of nitrogens with one attached hydrogen (secondary N) is 1. The molecule has 2 atom stereocenters. The van der Waals surface area contributed by atoms with Crippen LogP contribution in [0.4, 0.5) is 0 Å². The fourth-order valence-corrected chi connectivity index (χ4v) is 2.68. The fourth-order valence-electron chi connectivity index (χ4n) is 2.68. The van der Waals surface area contributed by atoms with Crippen molar-refractivity contribution in [3.8, 4) is 0 Å². The molecule has 0 aliphatic heterocycles. The molecule has 0 radical (unpaired) electrons. The number of rotatable bonds is 3. The SMILES string of the molecule is CC(NC1CCCc2occc21)c1ccccn1. The molecule has 2 aromatic heterocycles. The van der Waals surface area contributed by atoms with E-state index in [0.29, 0.717) is 6.04 Å². The summed E-state index contributed by atoms with van der Waals surface area (Å²) in [5.74, 6) is 1.15. The van der Waals surface area contributed by atoms with Crippen LogP contribution in [-0.2, 0) is 6.42 Å². The van der Waals surface area contributed by atoms with E-state index in [9.17, 15) is 0 Å². The molecule has 0 aromatic carbocycles. The van der Waals surface area contributed by atoms with Gasteiger partial charge in [-0.25, -0.2) is 0 Å². The van der Waals surface area contributed by atoms with Gasteiger partial charge < -0.3 is 9.73 Å². The quantitative estimate of drug-likeness (QED) is 0.896. The predicted octanol–water partition coefficient (Wildman–Crippen LogP) is 3.40. The highest BCUT2D eigenvalue weighted by Gasteiger charge is 2.24. The van der Waals surface area contributed by atoms with Gasteiger partial charge in [0.1, 0.15) is 5.76 Å². The minimum atomic E-state index is 0.261. The van der Waals surface area contributed by atoms with Crippen molar-refractivity contribution in [3.63, 3.8) is 0 Å². The summed E-state index contributed by atoms with van der Waals surface area (Å²) in [6.45, 7) is 2.16. The zero-order valence-corrected chi connectivity index (χ0v) is 10.6. The number of nitrogens with zero attached hydrogens (tertiary/aromatic N) is 1. The molecule has 0 saturated carbocycles. The third-order valence-corrected chi connectivity index (χ3v) is 3.63. The predicted molar refractivity (Wildman–Crippen MR) is 70.2 cm³/mol. The van der Waals surface area contributed by atoms with E-state index in [0.717, 1.165) is 17.9 Å². The number of aryl methyl sites for hydroxylation is 1. The maximum Gasteiger partial charge on any atom is 0.108 e. The lowest BCUT2D eigenvalue weighted by Gasteiger charge is -2.26. The lowest BCUT2D eigenvalue weighted by Crippen LogP contribution is -2.27. The van der Waals surface area contributed by atoms with Crippen molar-refractivity contribution in [2.75, 3.05) is 0 Å². The molecular formula is C15H18N2O. The number of furan rings is 1. The minimum absolute atomic E-state index is 0.261. The maximum atomic E-state index is 5.52. The van der Waals surface area contributed by atoms with Crippen LogP contribution < -0.4 is 5.32 Å². The number of aromatic nitrogens is 1. The highest BCUT2D eigenvalue weighted by Crippen LogP contribution is 2.32. The molecule has 94 valence electrons. The summed E-state index contributed by atoms with van der Waals surface area (Å²) in [7, 11) is 0. The molecule has 3 rings (SSSR count). The van der Waals surface area contributed by atoms with Crippen LogP contribution in [0.2, 0.25) is 0 Å². The van der Waals surface area contributed by atoms with E-state index >= 15 is 0 Å². The minimum Gasteiger partial charge on any atom is -0.469 e. The third kappa shape index (κ3) is 2.18. The largest absolute Gasteiger partial charge is 0.469 e. The molecule has 2 unspecified atom stereocenters. The second-order valence-corrected chi connectivity index (χ2v) is 4.89. The molecule has 0 saturated heterocycles. The molecule has 0 spiro atoms. The number of fused-ring (bicyclic) bond motifs is 1. The first-order valence-electron chi connectivity index (χ1n) is 6.58. The molecule has 1 N–H and O–H groups in total. The normalized spacial score (nSPS) is 20.4. The van der Waals surface area contributed by atoms with Crippen LogP contribution >= 0.6 is 0 Å². The maximum absolute atomic E-state index is 5.52. The van der Waals surface area contributed by atoms with Gasteiger partial charge in [-0.15, -0.1) is 0 Å². The summed E-state index contributed by atoms with van der Waals surface area (Å²) < 4.78 is 5.52. The van der Waals surface area contributed by atoms with E-state index in [-0.39, 0.29) is 6.04 Å². The van der Waals surface area contributed by atoms with E-state index in [1.165, 1.54) is 18.4 Å². The van der Waals surface area contributed by atoms with Crippen LogP contribution in [0.25, 0.3) is 0 Å². The Morgan fingerprint density at radius 2 is 2.33 bits per heavy atom. The van der Waals surface area contributed by atoms with Crippen LogP contribution in [0.1, 0.15) is 48.9 Å². The average molecular weight is 242 g/mol. The molecule has 3 nitrogen and oxygen atoms in total. The van der Waals surface area contributed by atoms with Gasteiger partial charge in [0.05, 0.1) is 12.0 Å². The highest BCUT2D eigenvalue weighted by molar-refractivity contribution is 5.24. The first-order chi connectivity index (χ1) is 8.84. The van der Waals surface area contributed by atoms with Crippen LogP contribution in [0.5, 0.6) is 0 Å². The summed E-state index contributed by atoms with van der Waals surface area (Å²) in [6.07, 6.45) is 7.07. The number of hydrogen-bond donors (Lipinski definition) is 1.